The third kappa shape index (κ3) is 4.58. The summed E-state index contributed by atoms with van der Waals surface area (Å²) in [7, 11) is 0. The molecule has 0 atom stereocenters. The van der Waals surface area contributed by atoms with Crippen LogP contribution in [0.2, 0.25) is 5.02 Å². The molecule has 0 bridgehead atoms. The first-order valence-electron chi connectivity index (χ1n) is 8.64. The summed E-state index contributed by atoms with van der Waals surface area (Å²) in [5.74, 6) is -1.11. The molecule has 0 aromatic heterocycles. The fraction of sp³-hybridized carbons (Fsp3) is 0.263. The number of amides is 1. The van der Waals surface area contributed by atoms with Crippen molar-refractivity contribution in [2.75, 3.05) is 37.7 Å². The maximum absolute atomic E-state index is 12.3. The summed E-state index contributed by atoms with van der Waals surface area (Å²) in [5, 5.41) is 10.8. The highest BCUT2D eigenvalue weighted by atomic mass is 35.5. The van der Waals surface area contributed by atoms with Crippen LogP contribution in [0.3, 0.4) is 0 Å². The van der Waals surface area contributed by atoms with Crippen LogP contribution in [-0.4, -0.2) is 54.5 Å². The van der Waals surface area contributed by atoms with Crippen molar-refractivity contribution in [1.82, 2.24) is 4.90 Å². The van der Waals surface area contributed by atoms with Crippen LogP contribution in [0, 0.1) is 10.1 Å². The van der Waals surface area contributed by atoms with Gasteiger partial charge in [-0.15, -0.1) is 0 Å². The van der Waals surface area contributed by atoms with Crippen LogP contribution < -0.4 is 4.90 Å². The predicted octanol–water partition coefficient (Wildman–Crippen LogP) is 2.75. The Labute approximate surface area is 166 Å². The van der Waals surface area contributed by atoms with Gasteiger partial charge in [-0.05, 0) is 24.3 Å². The first kappa shape index (κ1) is 19.6. The Morgan fingerprint density at radius 3 is 2.39 bits per heavy atom. The van der Waals surface area contributed by atoms with E-state index in [1.807, 2.05) is 30.3 Å². The number of para-hydroxylation sites is 1. The number of ether oxygens (including phenoxy) is 1. The van der Waals surface area contributed by atoms with Gasteiger partial charge in [-0.2, -0.15) is 0 Å². The molecule has 0 aliphatic carbocycles. The minimum absolute atomic E-state index is 0.0298. The summed E-state index contributed by atoms with van der Waals surface area (Å²) in [4.78, 5) is 38.4. The normalized spacial score (nSPS) is 13.9. The Balaban J connectivity index is 1.51. The molecule has 0 radical (unpaired) electrons. The van der Waals surface area contributed by atoms with Crippen molar-refractivity contribution in [3.63, 3.8) is 0 Å². The van der Waals surface area contributed by atoms with Crippen molar-refractivity contribution >= 4 is 34.9 Å². The van der Waals surface area contributed by atoms with E-state index < -0.39 is 17.5 Å². The first-order valence-corrected chi connectivity index (χ1v) is 9.02. The van der Waals surface area contributed by atoms with E-state index in [0.29, 0.717) is 26.2 Å². The molecule has 146 valence electrons. The second-order valence-electron chi connectivity index (χ2n) is 6.20. The van der Waals surface area contributed by atoms with E-state index in [9.17, 15) is 19.7 Å². The van der Waals surface area contributed by atoms with Crippen molar-refractivity contribution in [3.8, 4) is 0 Å². The molecule has 8 nitrogen and oxygen atoms in total. The molecule has 28 heavy (non-hydrogen) atoms. The lowest BCUT2D eigenvalue weighted by Crippen LogP contribution is -2.49. The maximum Gasteiger partial charge on any atom is 0.338 e. The van der Waals surface area contributed by atoms with Crippen LogP contribution in [0.5, 0.6) is 0 Å². The number of nitro groups is 1. The topological polar surface area (TPSA) is 93.0 Å². The molecule has 1 aliphatic heterocycles. The summed E-state index contributed by atoms with van der Waals surface area (Å²) in [6.45, 7) is 2.01. The Kier molecular flexibility index (Phi) is 6.10. The highest BCUT2D eigenvalue weighted by molar-refractivity contribution is 6.32. The Hall–Kier alpha value is -3.13. The van der Waals surface area contributed by atoms with Crippen molar-refractivity contribution < 1.29 is 19.2 Å². The second-order valence-corrected chi connectivity index (χ2v) is 6.61. The van der Waals surface area contributed by atoms with Crippen LogP contribution in [0.15, 0.2) is 48.5 Å². The van der Waals surface area contributed by atoms with E-state index in [2.05, 4.69) is 4.90 Å². The lowest BCUT2D eigenvalue weighted by molar-refractivity contribution is -0.384. The van der Waals surface area contributed by atoms with Gasteiger partial charge in [0.2, 0.25) is 0 Å². The number of benzene rings is 2. The molecule has 3 rings (SSSR count). The quantitative estimate of drug-likeness (QED) is 0.433. The van der Waals surface area contributed by atoms with Gasteiger partial charge in [-0.3, -0.25) is 14.9 Å². The number of hydrogen-bond acceptors (Lipinski definition) is 6. The lowest BCUT2D eigenvalue weighted by atomic mass is 10.2. The third-order valence-corrected chi connectivity index (χ3v) is 4.78. The number of hydrogen-bond donors (Lipinski definition) is 0. The van der Waals surface area contributed by atoms with Crippen molar-refractivity contribution in [1.29, 1.82) is 0 Å². The zero-order chi connectivity index (χ0) is 20.1. The van der Waals surface area contributed by atoms with Crippen LogP contribution >= 0.6 is 11.6 Å². The number of nitro benzene ring substituents is 1. The van der Waals surface area contributed by atoms with Crippen LogP contribution in [-0.2, 0) is 9.53 Å². The second kappa shape index (κ2) is 8.71. The molecule has 9 heteroatoms. The van der Waals surface area contributed by atoms with Gasteiger partial charge in [0, 0.05) is 37.9 Å². The number of anilines is 1. The third-order valence-electron chi connectivity index (χ3n) is 4.46. The lowest BCUT2D eigenvalue weighted by Gasteiger charge is -2.36. The molecule has 0 N–H and O–H groups in total. The standard InChI is InChI=1S/C19H18ClN3O5/c20-16-7-6-14(12-17(16)23(26)27)19(25)28-13-18(24)22-10-8-21(9-11-22)15-4-2-1-3-5-15/h1-7,12H,8-11,13H2. The molecule has 1 fully saturated rings. The monoisotopic (exact) mass is 403 g/mol. The highest BCUT2D eigenvalue weighted by Crippen LogP contribution is 2.25. The molecule has 1 saturated heterocycles. The van der Waals surface area contributed by atoms with E-state index in [1.165, 1.54) is 12.1 Å². The summed E-state index contributed by atoms with van der Waals surface area (Å²) < 4.78 is 5.02. The number of carbonyl (C=O) groups excluding carboxylic acids is 2. The van der Waals surface area contributed by atoms with Crippen molar-refractivity contribution in [3.05, 3.63) is 69.2 Å². The molecule has 1 heterocycles. The summed E-state index contributed by atoms with van der Waals surface area (Å²) in [6.07, 6.45) is 0. The molecule has 1 aliphatic rings. The molecule has 0 saturated carbocycles. The zero-order valence-corrected chi connectivity index (χ0v) is 15.7. The van der Waals surface area contributed by atoms with E-state index in [-0.39, 0.29) is 22.2 Å². The largest absolute Gasteiger partial charge is 0.452 e. The Morgan fingerprint density at radius 1 is 1.07 bits per heavy atom. The van der Waals surface area contributed by atoms with Gasteiger partial charge in [-0.1, -0.05) is 29.8 Å². The van der Waals surface area contributed by atoms with Gasteiger partial charge in [0.1, 0.15) is 5.02 Å². The number of nitrogens with zero attached hydrogens (tertiary/aromatic N) is 3. The molecule has 2 aromatic carbocycles. The van der Waals surface area contributed by atoms with Gasteiger partial charge in [0.25, 0.3) is 11.6 Å². The van der Waals surface area contributed by atoms with Gasteiger partial charge < -0.3 is 14.5 Å². The van der Waals surface area contributed by atoms with E-state index in [4.69, 9.17) is 16.3 Å². The number of rotatable bonds is 5. The Morgan fingerprint density at radius 2 is 1.75 bits per heavy atom. The fourth-order valence-electron chi connectivity index (χ4n) is 2.93. The van der Waals surface area contributed by atoms with E-state index in [1.54, 1.807) is 4.90 Å². The average Bonchev–Trinajstić information content (AvgIpc) is 2.72. The molecule has 0 spiro atoms. The highest BCUT2D eigenvalue weighted by Gasteiger charge is 2.23. The predicted molar refractivity (Wildman–Crippen MR) is 104 cm³/mol. The van der Waals surface area contributed by atoms with Crippen molar-refractivity contribution in [2.45, 2.75) is 0 Å². The summed E-state index contributed by atoms with van der Waals surface area (Å²) in [5.41, 5.74) is 0.683. The SMILES string of the molecule is O=C(OCC(=O)N1CCN(c2ccccc2)CC1)c1ccc(Cl)c([N+](=O)[O-])c1. The van der Waals surface area contributed by atoms with E-state index in [0.717, 1.165) is 11.8 Å². The number of esters is 1. The van der Waals surface area contributed by atoms with Crippen molar-refractivity contribution in [2.24, 2.45) is 0 Å². The zero-order valence-electron chi connectivity index (χ0n) is 14.9. The van der Waals surface area contributed by atoms with Gasteiger partial charge >= 0.3 is 5.97 Å². The molecular formula is C19H18ClN3O5. The van der Waals surface area contributed by atoms with Crippen LogP contribution in [0.25, 0.3) is 0 Å². The number of halogens is 1. The van der Waals surface area contributed by atoms with Crippen LogP contribution in [0.1, 0.15) is 10.4 Å². The first-order chi connectivity index (χ1) is 13.5. The molecule has 0 unspecified atom stereocenters. The number of carbonyl (C=O) groups is 2. The number of piperazine rings is 1. The summed E-state index contributed by atoms with van der Waals surface area (Å²) >= 11 is 5.72. The Bertz CT molecular complexity index is 882. The molecule has 2 aromatic rings. The minimum Gasteiger partial charge on any atom is -0.452 e. The molecular weight excluding hydrogens is 386 g/mol. The van der Waals surface area contributed by atoms with Crippen LogP contribution in [0.4, 0.5) is 11.4 Å². The van der Waals surface area contributed by atoms with E-state index >= 15 is 0 Å². The average molecular weight is 404 g/mol. The maximum atomic E-state index is 12.3. The van der Waals surface area contributed by atoms with Gasteiger partial charge in [0.15, 0.2) is 6.61 Å². The van der Waals surface area contributed by atoms with Gasteiger partial charge in [0.05, 0.1) is 10.5 Å². The minimum atomic E-state index is -0.809. The molecule has 1 amide bonds. The van der Waals surface area contributed by atoms with Gasteiger partial charge in [-0.25, -0.2) is 4.79 Å². The fourth-order valence-corrected chi connectivity index (χ4v) is 3.12. The summed E-state index contributed by atoms with van der Waals surface area (Å²) in [6, 6.07) is 13.5. The smallest absolute Gasteiger partial charge is 0.338 e.